The van der Waals surface area contributed by atoms with Crippen LogP contribution in [0, 0.1) is 0 Å². The third kappa shape index (κ3) is 3.09. The number of carboxylic acid groups (broad SMARTS) is 1. The van der Waals surface area contributed by atoms with E-state index in [2.05, 4.69) is 26.2 Å². The van der Waals surface area contributed by atoms with Crippen molar-refractivity contribution in [3.8, 4) is 0 Å². The van der Waals surface area contributed by atoms with Gasteiger partial charge in [-0.05, 0) is 46.8 Å². The van der Waals surface area contributed by atoms with Crippen molar-refractivity contribution in [2.24, 2.45) is 0 Å². The minimum atomic E-state index is -1.06. The molecule has 0 aromatic carbocycles. The van der Waals surface area contributed by atoms with E-state index in [1.54, 1.807) is 6.20 Å². The van der Waals surface area contributed by atoms with Crippen molar-refractivity contribution in [3.05, 3.63) is 22.3 Å². The van der Waals surface area contributed by atoms with Crippen LogP contribution < -0.4 is 5.32 Å². The van der Waals surface area contributed by atoms with Gasteiger partial charge in [0.2, 0.25) is 5.91 Å². The minimum Gasteiger partial charge on any atom is -0.465 e. The lowest BCUT2D eigenvalue weighted by Gasteiger charge is -2.20. The van der Waals surface area contributed by atoms with Crippen LogP contribution in [0.4, 0.5) is 10.6 Å². The molecule has 0 saturated carbocycles. The number of halogens is 1. The second kappa shape index (κ2) is 6.21. The molecule has 20 heavy (non-hydrogen) atoms. The number of hydrogen-bond donors (Lipinski definition) is 2. The van der Waals surface area contributed by atoms with Crippen LogP contribution in [0.5, 0.6) is 0 Å². The summed E-state index contributed by atoms with van der Waals surface area (Å²) >= 11 is 3.36. The summed E-state index contributed by atoms with van der Waals surface area (Å²) in [5, 5.41) is 11.7. The summed E-state index contributed by atoms with van der Waals surface area (Å²) in [7, 11) is 0. The van der Waals surface area contributed by atoms with Crippen molar-refractivity contribution in [1.82, 2.24) is 9.88 Å². The summed E-state index contributed by atoms with van der Waals surface area (Å²) in [4.78, 5) is 28.6. The molecule has 2 heterocycles. The molecule has 0 radical (unpaired) electrons. The molecule has 1 aliphatic heterocycles. The number of carbonyl (C=O) groups is 2. The Morgan fingerprint density at radius 2 is 2.35 bits per heavy atom. The second-order valence-corrected chi connectivity index (χ2v) is 5.51. The van der Waals surface area contributed by atoms with Crippen molar-refractivity contribution in [1.29, 1.82) is 0 Å². The molecule has 1 saturated heterocycles. The van der Waals surface area contributed by atoms with Crippen LogP contribution in [0.1, 0.15) is 25.3 Å². The Morgan fingerprint density at radius 1 is 1.60 bits per heavy atom. The van der Waals surface area contributed by atoms with E-state index < -0.39 is 12.1 Å². The highest BCUT2D eigenvalue weighted by Gasteiger charge is 2.34. The molecule has 2 amide bonds. The van der Waals surface area contributed by atoms with Gasteiger partial charge in [-0.1, -0.05) is 6.92 Å². The van der Waals surface area contributed by atoms with Crippen LogP contribution in [-0.2, 0) is 11.2 Å². The molecule has 6 nitrogen and oxygen atoms in total. The van der Waals surface area contributed by atoms with E-state index in [9.17, 15) is 9.59 Å². The zero-order chi connectivity index (χ0) is 14.7. The van der Waals surface area contributed by atoms with E-state index in [1.165, 1.54) is 4.90 Å². The normalized spacial score (nSPS) is 18.1. The highest BCUT2D eigenvalue weighted by molar-refractivity contribution is 9.10. The zero-order valence-electron chi connectivity index (χ0n) is 11.1. The Hall–Kier alpha value is -1.63. The largest absolute Gasteiger partial charge is 0.465 e. The quantitative estimate of drug-likeness (QED) is 0.884. The number of likely N-dealkylation sites (tertiary alicyclic amines) is 1. The van der Waals surface area contributed by atoms with Gasteiger partial charge in [-0.25, -0.2) is 9.78 Å². The highest BCUT2D eigenvalue weighted by Crippen LogP contribution is 2.23. The molecule has 1 atom stereocenters. The summed E-state index contributed by atoms with van der Waals surface area (Å²) < 4.78 is 0.699. The zero-order valence-corrected chi connectivity index (χ0v) is 12.7. The first kappa shape index (κ1) is 14.8. The number of nitrogens with zero attached hydrogens (tertiary/aromatic N) is 2. The predicted molar refractivity (Wildman–Crippen MR) is 77.7 cm³/mol. The standard InChI is InChI=1S/C13H16BrN3O3/c1-2-8-6-9(14)11(15-7-8)16-12(18)10-4-3-5-17(10)13(19)20/h6-7,10H,2-5H2,1H3,(H,19,20)(H,15,16,18)/t10-/m1/s1. The molecule has 1 aliphatic rings. The fourth-order valence-corrected chi connectivity index (χ4v) is 2.73. The number of aromatic nitrogens is 1. The van der Waals surface area contributed by atoms with Gasteiger partial charge in [-0.15, -0.1) is 0 Å². The molecule has 108 valence electrons. The number of pyridine rings is 1. The monoisotopic (exact) mass is 341 g/mol. The number of hydrogen-bond acceptors (Lipinski definition) is 3. The van der Waals surface area contributed by atoms with Gasteiger partial charge >= 0.3 is 6.09 Å². The maximum absolute atomic E-state index is 12.2. The molecule has 0 aliphatic carbocycles. The Bertz CT molecular complexity index is 536. The van der Waals surface area contributed by atoms with E-state index in [0.717, 1.165) is 12.0 Å². The maximum atomic E-state index is 12.2. The molecular weight excluding hydrogens is 326 g/mol. The van der Waals surface area contributed by atoms with Gasteiger partial charge < -0.3 is 10.4 Å². The van der Waals surface area contributed by atoms with Crippen LogP contribution in [0.15, 0.2) is 16.7 Å². The fourth-order valence-electron chi connectivity index (χ4n) is 2.23. The van der Waals surface area contributed by atoms with Gasteiger partial charge in [0.25, 0.3) is 0 Å². The van der Waals surface area contributed by atoms with E-state index in [0.29, 0.717) is 29.7 Å². The Balaban J connectivity index is 2.10. The topological polar surface area (TPSA) is 82.5 Å². The molecule has 2 rings (SSSR count). The first-order valence-electron chi connectivity index (χ1n) is 6.47. The summed E-state index contributed by atoms with van der Waals surface area (Å²) in [5.41, 5.74) is 1.06. The lowest BCUT2D eigenvalue weighted by molar-refractivity contribution is -0.119. The maximum Gasteiger partial charge on any atom is 0.407 e. The van der Waals surface area contributed by atoms with Crippen molar-refractivity contribution < 1.29 is 14.7 Å². The molecular formula is C13H16BrN3O3. The molecule has 1 fully saturated rings. The SMILES string of the molecule is CCc1cnc(NC(=O)[C@H]2CCCN2C(=O)O)c(Br)c1. The minimum absolute atomic E-state index is 0.331. The number of aryl methyl sites for hydroxylation is 1. The smallest absolute Gasteiger partial charge is 0.407 e. The van der Waals surface area contributed by atoms with Crippen LogP contribution in [0.2, 0.25) is 0 Å². The van der Waals surface area contributed by atoms with Crippen LogP contribution in [0.25, 0.3) is 0 Å². The second-order valence-electron chi connectivity index (χ2n) is 4.65. The third-order valence-corrected chi connectivity index (χ3v) is 3.95. The van der Waals surface area contributed by atoms with Crippen LogP contribution in [0.3, 0.4) is 0 Å². The Labute approximate surface area is 125 Å². The van der Waals surface area contributed by atoms with Gasteiger partial charge in [-0.2, -0.15) is 0 Å². The van der Waals surface area contributed by atoms with E-state index in [-0.39, 0.29) is 5.91 Å². The third-order valence-electron chi connectivity index (χ3n) is 3.35. The summed E-state index contributed by atoms with van der Waals surface area (Å²) in [6.07, 6.45) is 2.74. The fraction of sp³-hybridized carbons (Fsp3) is 0.462. The van der Waals surface area contributed by atoms with Crippen LogP contribution >= 0.6 is 15.9 Å². The summed E-state index contributed by atoms with van der Waals surface area (Å²) in [6.45, 7) is 2.42. The predicted octanol–water partition coefficient (Wildman–Crippen LogP) is 2.49. The van der Waals surface area contributed by atoms with Gasteiger partial charge in [0.05, 0.1) is 4.47 Å². The molecule has 0 unspecified atom stereocenters. The molecule has 0 spiro atoms. The number of amides is 2. The van der Waals surface area contributed by atoms with Gasteiger partial charge in [-0.3, -0.25) is 9.69 Å². The van der Waals surface area contributed by atoms with Gasteiger partial charge in [0.1, 0.15) is 11.9 Å². The van der Waals surface area contributed by atoms with Crippen LogP contribution in [-0.4, -0.2) is 39.6 Å². The van der Waals surface area contributed by atoms with E-state index in [4.69, 9.17) is 5.11 Å². The molecule has 1 aromatic heterocycles. The number of carbonyl (C=O) groups excluding carboxylic acids is 1. The first-order chi connectivity index (χ1) is 9.52. The molecule has 0 bridgehead atoms. The van der Waals surface area contributed by atoms with Gasteiger partial charge in [0.15, 0.2) is 0 Å². The lowest BCUT2D eigenvalue weighted by Crippen LogP contribution is -2.42. The number of nitrogens with one attached hydrogen (secondary N) is 1. The number of rotatable bonds is 3. The Kier molecular flexibility index (Phi) is 4.59. The van der Waals surface area contributed by atoms with Crippen molar-refractivity contribution >= 4 is 33.7 Å². The first-order valence-corrected chi connectivity index (χ1v) is 7.27. The Morgan fingerprint density at radius 3 is 2.95 bits per heavy atom. The molecule has 1 aromatic rings. The average molecular weight is 342 g/mol. The summed E-state index contributed by atoms with van der Waals surface area (Å²) in [5.74, 6) is 0.0896. The van der Waals surface area contributed by atoms with E-state index in [1.807, 2.05) is 13.0 Å². The summed E-state index contributed by atoms with van der Waals surface area (Å²) in [6, 6.07) is 1.26. The van der Waals surface area contributed by atoms with Crippen molar-refractivity contribution in [2.75, 3.05) is 11.9 Å². The highest BCUT2D eigenvalue weighted by atomic mass is 79.9. The molecule has 2 N–H and O–H groups in total. The average Bonchev–Trinajstić information content (AvgIpc) is 2.90. The van der Waals surface area contributed by atoms with Gasteiger partial charge in [0, 0.05) is 12.7 Å². The lowest BCUT2D eigenvalue weighted by atomic mass is 10.2. The van der Waals surface area contributed by atoms with Crippen molar-refractivity contribution in [2.45, 2.75) is 32.2 Å². The van der Waals surface area contributed by atoms with Crippen molar-refractivity contribution in [3.63, 3.8) is 0 Å². The van der Waals surface area contributed by atoms with E-state index >= 15 is 0 Å². The number of anilines is 1. The molecule has 7 heteroatoms.